The van der Waals surface area contributed by atoms with Gasteiger partial charge < -0.3 is 10.2 Å². The Bertz CT molecular complexity index is 870. The zero-order valence-corrected chi connectivity index (χ0v) is 15.4. The van der Waals surface area contributed by atoms with Crippen molar-refractivity contribution in [1.82, 2.24) is 34.9 Å². The van der Waals surface area contributed by atoms with Gasteiger partial charge in [0.25, 0.3) is 0 Å². The molecule has 0 amide bonds. The van der Waals surface area contributed by atoms with Crippen LogP contribution in [0.4, 0.5) is 11.6 Å². The molecule has 0 aliphatic carbocycles. The predicted octanol–water partition coefficient (Wildman–Crippen LogP) is 2.28. The maximum absolute atomic E-state index is 5.97. The Hall–Kier alpha value is -2.29. The second-order valence-corrected chi connectivity index (χ2v) is 6.70. The summed E-state index contributed by atoms with van der Waals surface area (Å²) in [6.45, 7) is 8.75. The lowest BCUT2D eigenvalue weighted by atomic mass is 10.2. The summed E-state index contributed by atoms with van der Waals surface area (Å²) in [6, 6.07) is 4.05. The molecule has 0 spiro atoms. The van der Waals surface area contributed by atoms with Crippen LogP contribution in [0.1, 0.15) is 12.5 Å². The Morgan fingerprint density at radius 2 is 1.92 bits per heavy atom. The quantitative estimate of drug-likeness (QED) is 0.664. The summed E-state index contributed by atoms with van der Waals surface area (Å²) >= 11 is 5.97. The van der Waals surface area contributed by atoms with Crippen LogP contribution in [0, 0.1) is 0 Å². The van der Waals surface area contributed by atoms with Crippen LogP contribution >= 0.6 is 11.6 Å². The first-order chi connectivity index (χ1) is 12.7. The van der Waals surface area contributed by atoms with Crippen LogP contribution < -0.4 is 5.32 Å². The number of likely N-dealkylation sites (N-methyl/N-ethyl adjacent to an activating group) is 1. The highest BCUT2D eigenvalue weighted by molar-refractivity contribution is 6.28. The highest BCUT2D eigenvalue weighted by Gasteiger charge is 2.15. The number of nitrogens with one attached hydrogen (secondary N) is 2. The van der Waals surface area contributed by atoms with Crippen LogP contribution in [0.25, 0.3) is 11.0 Å². The molecule has 8 nitrogen and oxygen atoms in total. The van der Waals surface area contributed by atoms with Crippen molar-refractivity contribution in [3.63, 3.8) is 0 Å². The molecule has 1 aliphatic rings. The number of hydrogen-bond acceptors (Lipinski definition) is 7. The minimum Gasteiger partial charge on any atom is -0.323 e. The molecule has 9 heteroatoms. The van der Waals surface area contributed by atoms with Gasteiger partial charge in [-0.25, -0.2) is 9.97 Å². The molecule has 4 rings (SSSR count). The molecule has 1 aliphatic heterocycles. The molecule has 0 atom stereocenters. The number of aromatic amines is 1. The zero-order valence-electron chi connectivity index (χ0n) is 14.6. The van der Waals surface area contributed by atoms with Crippen molar-refractivity contribution >= 4 is 34.3 Å². The Morgan fingerprint density at radius 1 is 1.12 bits per heavy atom. The van der Waals surface area contributed by atoms with Gasteiger partial charge in [-0.05, 0) is 29.8 Å². The molecule has 3 aromatic heterocycles. The fourth-order valence-electron chi connectivity index (χ4n) is 3.14. The van der Waals surface area contributed by atoms with Crippen LogP contribution in [-0.4, -0.2) is 67.7 Å². The number of nitrogens with zero attached hydrogens (tertiary/aromatic N) is 6. The maximum Gasteiger partial charge on any atom is 0.225 e. The number of hydrogen-bond donors (Lipinski definition) is 2. The maximum atomic E-state index is 5.97. The average molecular weight is 373 g/mol. The third-order valence-electron chi connectivity index (χ3n) is 4.66. The number of H-pyrrole nitrogens is 1. The van der Waals surface area contributed by atoms with E-state index in [2.05, 4.69) is 53.3 Å². The van der Waals surface area contributed by atoms with Crippen molar-refractivity contribution in [3.8, 4) is 0 Å². The smallest absolute Gasteiger partial charge is 0.225 e. The van der Waals surface area contributed by atoms with Gasteiger partial charge in [0, 0.05) is 38.9 Å². The van der Waals surface area contributed by atoms with Crippen LogP contribution in [0.2, 0.25) is 5.28 Å². The molecule has 0 unspecified atom stereocenters. The average Bonchev–Trinajstić information content (AvgIpc) is 3.12. The van der Waals surface area contributed by atoms with Gasteiger partial charge in [-0.15, -0.1) is 0 Å². The van der Waals surface area contributed by atoms with Crippen molar-refractivity contribution in [2.75, 3.05) is 38.0 Å². The SMILES string of the molecule is CCN1CCN(Cc2ccc(Nc3nc(Cl)nc4cn[nH]c34)nc2)CC1. The molecule has 1 saturated heterocycles. The number of anilines is 2. The molecule has 4 heterocycles. The highest BCUT2D eigenvalue weighted by atomic mass is 35.5. The number of piperazine rings is 1. The lowest BCUT2D eigenvalue weighted by molar-refractivity contribution is 0.132. The summed E-state index contributed by atoms with van der Waals surface area (Å²) in [6.07, 6.45) is 3.52. The zero-order chi connectivity index (χ0) is 17.9. The highest BCUT2D eigenvalue weighted by Crippen LogP contribution is 2.22. The largest absolute Gasteiger partial charge is 0.323 e. The van der Waals surface area contributed by atoms with E-state index in [4.69, 9.17) is 11.6 Å². The Kier molecular flexibility index (Phi) is 4.96. The van der Waals surface area contributed by atoms with Crippen LogP contribution in [-0.2, 0) is 6.54 Å². The Balaban J connectivity index is 1.42. The van der Waals surface area contributed by atoms with Crippen molar-refractivity contribution in [2.24, 2.45) is 0 Å². The topological polar surface area (TPSA) is 85.9 Å². The predicted molar refractivity (Wildman–Crippen MR) is 102 cm³/mol. The first-order valence-corrected chi connectivity index (χ1v) is 9.12. The lowest BCUT2D eigenvalue weighted by Gasteiger charge is -2.33. The van der Waals surface area contributed by atoms with E-state index < -0.39 is 0 Å². The number of rotatable bonds is 5. The standard InChI is InChI=1S/C17H21ClN8/c1-2-25-5-7-26(8-6-25)11-12-3-4-14(19-9-12)22-16-15-13(10-20-24-15)21-17(18)23-16/h3-4,9-10H,2,5-8,11H2,1H3,(H,20,24)(H,19,21,22,23). The number of aromatic nitrogens is 5. The van der Waals surface area contributed by atoms with Gasteiger partial charge in [-0.1, -0.05) is 13.0 Å². The Morgan fingerprint density at radius 3 is 2.65 bits per heavy atom. The number of pyridine rings is 1. The van der Waals surface area contributed by atoms with Gasteiger partial charge in [0.1, 0.15) is 16.9 Å². The summed E-state index contributed by atoms with van der Waals surface area (Å²) in [5.41, 5.74) is 2.57. The van der Waals surface area contributed by atoms with Gasteiger partial charge in [-0.3, -0.25) is 10.00 Å². The fraction of sp³-hybridized carbons (Fsp3) is 0.412. The van der Waals surface area contributed by atoms with E-state index in [-0.39, 0.29) is 5.28 Å². The second kappa shape index (κ2) is 7.53. The minimum atomic E-state index is 0.171. The lowest BCUT2D eigenvalue weighted by Crippen LogP contribution is -2.45. The summed E-state index contributed by atoms with van der Waals surface area (Å²) in [7, 11) is 0. The monoisotopic (exact) mass is 372 g/mol. The molecule has 1 fully saturated rings. The molecule has 0 radical (unpaired) electrons. The molecule has 0 aromatic carbocycles. The van der Waals surface area contributed by atoms with Crippen molar-refractivity contribution in [3.05, 3.63) is 35.4 Å². The van der Waals surface area contributed by atoms with Gasteiger partial charge in [0.15, 0.2) is 5.82 Å². The molecule has 0 bridgehead atoms. The van der Waals surface area contributed by atoms with E-state index in [1.54, 1.807) is 6.20 Å². The van der Waals surface area contributed by atoms with E-state index in [0.717, 1.165) is 39.3 Å². The van der Waals surface area contributed by atoms with Crippen LogP contribution in [0.3, 0.4) is 0 Å². The molecular formula is C17H21ClN8. The minimum absolute atomic E-state index is 0.171. The first kappa shape index (κ1) is 17.1. The summed E-state index contributed by atoms with van der Waals surface area (Å²) in [4.78, 5) is 17.8. The van der Waals surface area contributed by atoms with E-state index >= 15 is 0 Å². The molecule has 26 heavy (non-hydrogen) atoms. The molecule has 3 aromatic rings. The van der Waals surface area contributed by atoms with Crippen LogP contribution in [0.15, 0.2) is 24.5 Å². The van der Waals surface area contributed by atoms with E-state index in [1.165, 1.54) is 5.56 Å². The molecule has 136 valence electrons. The van der Waals surface area contributed by atoms with E-state index in [9.17, 15) is 0 Å². The number of halogens is 1. The molecular weight excluding hydrogens is 352 g/mol. The van der Waals surface area contributed by atoms with Crippen molar-refractivity contribution in [2.45, 2.75) is 13.5 Å². The van der Waals surface area contributed by atoms with E-state index in [0.29, 0.717) is 22.7 Å². The van der Waals surface area contributed by atoms with Crippen molar-refractivity contribution in [1.29, 1.82) is 0 Å². The normalized spacial score (nSPS) is 16.2. The first-order valence-electron chi connectivity index (χ1n) is 8.74. The van der Waals surface area contributed by atoms with E-state index in [1.807, 2.05) is 12.3 Å². The third-order valence-corrected chi connectivity index (χ3v) is 4.83. The van der Waals surface area contributed by atoms with Gasteiger partial charge in [0.05, 0.1) is 6.20 Å². The summed E-state index contributed by atoms with van der Waals surface area (Å²) in [5.74, 6) is 1.27. The van der Waals surface area contributed by atoms with Gasteiger partial charge in [0.2, 0.25) is 5.28 Å². The Labute approximate surface area is 156 Å². The second-order valence-electron chi connectivity index (χ2n) is 6.36. The van der Waals surface area contributed by atoms with Crippen LogP contribution in [0.5, 0.6) is 0 Å². The summed E-state index contributed by atoms with van der Waals surface area (Å²) < 4.78 is 0. The fourth-order valence-corrected chi connectivity index (χ4v) is 3.31. The third kappa shape index (κ3) is 3.77. The van der Waals surface area contributed by atoms with Gasteiger partial charge in [-0.2, -0.15) is 10.1 Å². The number of fused-ring (bicyclic) bond motifs is 1. The van der Waals surface area contributed by atoms with Gasteiger partial charge >= 0.3 is 0 Å². The summed E-state index contributed by atoms with van der Waals surface area (Å²) in [5, 5.41) is 10.2. The molecule has 0 saturated carbocycles. The molecule has 2 N–H and O–H groups in total. The van der Waals surface area contributed by atoms with Crippen molar-refractivity contribution < 1.29 is 0 Å².